The van der Waals surface area contributed by atoms with Crippen molar-refractivity contribution in [3.63, 3.8) is 0 Å². The van der Waals surface area contributed by atoms with E-state index in [-0.39, 0.29) is 16.7 Å². The molecule has 0 fully saturated rings. The first-order valence-corrected chi connectivity index (χ1v) is 7.70. The van der Waals surface area contributed by atoms with Crippen molar-refractivity contribution in [2.45, 2.75) is 18.1 Å². The number of nitriles is 1. The molecule has 1 aromatic rings. The Morgan fingerprint density at radius 1 is 1.59 bits per heavy atom. The van der Waals surface area contributed by atoms with Crippen LogP contribution in [0.5, 0.6) is 0 Å². The number of thiophene rings is 1. The lowest BCUT2D eigenvalue weighted by Crippen LogP contribution is -2.33. The van der Waals surface area contributed by atoms with E-state index >= 15 is 0 Å². The molecule has 1 atom stereocenters. The Morgan fingerprint density at radius 3 is 2.65 bits per heavy atom. The second-order valence-electron chi connectivity index (χ2n) is 3.54. The van der Waals surface area contributed by atoms with Crippen molar-refractivity contribution in [2.24, 2.45) is 5.92 Å². The van der Waals surface area contributed by atoms with Gasteiger partial charge in [-0.05, 0) is 19.1 Å². The van der Waals surface area contributed by atoms with Crippen LogP contribution in [0.4, 0.5) is 0 Å². The number of sulfonamides is 1. The van der Waals surface area contributed by atoms with Crippen LogP contribution in [0.1, 0.15) is 13.8 Å². The maximum absolute atomic E-state index is 12.2. The summed E-state index contributed by atoms with van der Waals surface area (Å²) in [4.78, 5) is 0. The molecule has 0 amide bonds. The van der Waals surface area contributed by atoms with Crippen LogP contribution in [0.2, 0.25) is 4.34 Å². The van der Waals surface area contributed by atoms with Gasteiger partial charge in [-0.3, -0.25) is 0 Å². The van der Waals surface area contributed by atoms with Crippen molar-refractivity contribution in [3.05, 3.63) is 16.5 Å². The molecule has 7 heteroatoms. The molecule has 94 valence electrons. The van der Waals surface area contributed by atoms with Crippen molar-refractivity contribution < 1.29 is 8.42 Å². The predicted molar refractivity (Wildman–Crippen MR) is 68.5 cm³/mol. The minimum atomic E-state index is -3.52. The van der Waals surface area contributed by atoms with Crippen LogP contribution in [-0.2, 0) is 10.0 Å². The first-order valence-electron chi connectivity index (χ1n) is 5.07. The largest absolute Gasteiger partial charge is 0.252 e. The van der Waals surface area contributed by atoms with Crippen LogP contribution in [0.15, 0.2) is 16.3 Å². The fourth-order valence-corrected chi connectivity index (χ4v) is 4.48. The third-order valence-corrected chi connectivity index (χ3v) is 5.83. The molecule has 0 aliphatic carbocycles. The predicted octanol–water partition coefficient (Wildman–Crippen LogP) is 2.57. The van der Waals surface area contributed by atoms with Crippen molar-refractivity contribution in [1.82, 2.24) is 4.31 Å². The molecule has 0 bridgehead atoms. The monoisotopic (exact) mass is 292 g/mol. The lowest BCUT2D eigenvalue weighted by atomic mass is 10.2. The Labute approximate surface area is 110 Å². The van der Waals surface area contributed by atoms with Crippen molar-refractivity contribution in [2.75, 3.05) is 13.1 Å². The molecular formula is C10H13ClN2O2S2. The van der Waals surface area contributed by atoms with Gasteiger partial charge in [-0.25, -0.2) is 8.42 Å². The first kappa shape index (κ1) is 14.5. The number of hydrogen-bond acceptors (Lipinski definition) is 4. The highest BCUT2D eigenvalue weighted by Gasteiger charge is 2.26. The molecular weight excluding hydrogens is 280 g/mol. The Balaban J connectivity index is 2.99. The SMILES string of the molecule is CCN(CC(C)C#N)S(=O)(=O)c1ccc(Cl)s1. The summed E-state index contributed by atoms with van der Waals surface area (Å²) >= 11 is 6.76. The van der Waals surface area contributed by atoms with Gasteiger partial charge < -0.3 is 0 Å². The van der Waals surface area contributed by atoms with Crippen molar-refractivity contribution >= 4 is 33.0 Å². The van der Waals surface area contributed by atoms with Gasteiger partial charge in [-0.1, -0.05) is 18.5 Å². The standard InChI is InChI=1S/C10H13ClN2O2S2/c1-3-13(7-8(2)6-12)17(14,15)10-5-4-9(11)16-10/h4-5,8H,3,7H2,1-2H3. The average molecular weight is 293 g/mol. The van der Waals surface area contributed by atoms with E-state index < -0.39 is 10.0 Å². The second kappa shape index (κ2) is 5.83. The van der Waals surface area contributed by atoms with Crippen LogP contribution in [0, 0.1) is 17.2 Å². The second-order valence-corrected chi connectivity index (χ2v) is 7.42. The van der Waals surface area contributed by atoms with Gasteiger partial charge in [0.1, 0.15) is 4.21 Å². The van der Waals surface area contributed by atoms with E-state index in [1.165, 1.54) is 10.4 Å². The summed E-state index contributed by atoms with van der Waals surface area (Å²) in [6.45, 7) is 3.98. The maximum atomic E-state index is 12.2. The molecule has 4 nitrogen and oxygen atoms in total. The molecule has 1 unspecified atom stereocenters. The summed E-state index contributed by atoms with van der Waals surface area (Å²) in [5, 5.41) is 8.73. The summed E-state index contributed by atoms with van der Waals surface area (Å²) in [5.74, 6) is -0.333. The van der Waals surface area contributed by atoms with Gasteiger partial charge in [0.05, 0.1) is 16.3 Å². The first-order chi connectivity index (χ1) is 7.91. The molecule has 0 aliphatic rings. The fraction of sp³-hybridized carbons (Fsp3) is 0.500. The molecule has 0 aliphatic heterocycles. The Kier molecular flexibility index (Phi) is 4.95. The highest BCUT2D eigenvalue weighted by atomic mass is 35.5. The highest BCUT2D eigenvalue weighted by molar-refractivity contribution is 7.91. The van der Waals surface area contributed by atoms with E-state index in [1.54, 1.807) is 19.9 Å². The van der Waals surface area contributed by atoms with Crippen LogP contribution in [-0.4, -0.2) is 25.8 Å². The number of hydrogen-bond donors (Lipinski definition) is 0. The molecule has 0 saturated heterocycles. The maximum Gasteiger partial charge on any atom is 0.252 e. The summed E-state index contributed by atoms with van der Waals surface area (Å²) in [6.07, 6.45) is 0. The normalized spacial score (nSPS) is 13.6. The fourth-order valence-electron chi connectivity index (χ4n) is 1.31. The quantitative estimate of drug-likeness (QED) is 0.838. The topological polar surface area (TPSA) is 61.2 Å². The van der Waals surface area contributed by atoms with Crippen LogP contribution in [0.3, 0.4) is 0 Å². The van der Waals surface area contributed by atoms with Crippen LogP contribution in [0.25, 0.3) is 0 Å². The molecule has 0 saturated carbocycles. The Bertz CT molecular complexity index is 519. The van der Waals surface area contributed by atoms with Gasteiger partial charge in [-0.15, -0.1) is 11.3 Å². The van der Waals surface area contributed by atoms with Gasteiger partial charge in [0.2, 0.25) is 0 Å². The summed E-state index contributed by atoms with van der Waals surface area (Å²) < 4.78 is 26.3. The molecule has 0 radical (unpaired) electrons. The van der Waals surface area contributed by atoms with E-state index in [0.717, 1.165) is 11.3 Å². The van der Waals surface area contributed by atoms with E-state index in [2.05, 4.69) is 0 Å². The zero-order valence-corrected chi connectivity index (χ0v) is 11.9. The van der Waals surface area contributed by atoms with Crippen LogP contribution >= 0.6 is 22.9 Å². The molecule has 17 heavy (non-hydrogen) atoms. The number of rotatable bonds is 5. The zero-order valence-electron chi connectivity index (χ0n) is 9.55. The van der Waals surface area contributed by atoms with Gasteiger partial charge in [0.25, 0.3) is 10.0 Å². The van der Waals surface area contributed by atoms with Crippen molar-refractivity contribution in [3.8, 4) is 6.07 Å². The molecule has 1 aromatic heterocycles. The van der Waals surface area contributed by atoms with E-state index in [0.29, 0.717) is 10.9 Å². The number of nitrogens with zero attached hydrogens (tertiary/aromatic N) is 2. The van der Waals surface area contributed by atoms with Gasteiger partial charge >= 0.3 is 0 Å². The zero-order chi connectivity index (χ0) is 13.1. The minimum absolute atomic E-state index is 0.199. The molecule has 1 heterocycles. The average Bonchev–Trinajstić information content (AvgIpc) is 2.72. The molecule has 0 spiro atoms. The van der Waals surface area contributed by atoms with Gasteiger partial charge in [0.15, 0.2) is 0 Å². The third-order valence-electron chi connectivity index (χ3n) is 2.19. The lowest BCUT2D eigenvalue weighted by Gasteiger charge is -2.20. The molecule has 0 N–H and O–H groups in total. The lowest BCUT2D eigenvalue weighted by molar-refractivity contribution is 0.401. The summed E-state index contributed by atoms with van der Waals surface area (Å²) in [6, 6.07) is 5.07. The van der Waals surface area contributed by atoms with Gasteiger partial charge in [0, 0.05) is 13.1 Å². The molecule has 0 aromatic carbocycles. The van der Waals surface area contributed by atoms with Gasteiger partial charge in [-0.2, -0.15) is 9.57 Å². The van der Waals surface area contributed by atoms with E-state index in [9.17, 15) is 8.42 Å². The third kappa shape index (κ3) is 3.42. The summed E-state index contributed by atoms with van der Waals surface area (Å²) in [7, 11) is -3.52. The highest BCUT2D eigenvalue weighted by Crippen LogP contribution is 2.28. The molecule has 1 rings (SSSR count). The number of halogens is 1. The summed E-state index contributed by atoms with van der Waals surface area (Å²) in [5.41, 5.74) is 0. The van der Waals surface area contributed by atoms with Crippen molar-refractivity contribution in [1.29, 1.82) is 5.26 Å². The Hall–Kier alpha value is -0.610. The Morgan fingerprint density at radius 2 is 2.24 bits per heavy atom. The smallest absolute Gasteiger partial charge is 0.206 e. The van der Waals surface area contributed by atoms with Crippen LogP contribution < -0.4 is 0 Å². The van der Waals surface area contributed by atoms with E-state index in [1.807, 2.05) is 6.07 Å². The minimum Gasteiger partial charge on any atom is -0.206 e. The van der Waals surface area contributed by atoms with E-state index in [4.69, 9.17) is 16.9 Å².